The highest BCUT2D eigenvalue weighted by molar-refractivity contribution is 6.83. The Labute approximate surface area is 154 Å². The summed E-state index contributed by atoms with van der Waals surface area (Å²) in [4.78, 5) is 0. The summed E-state index contributed by atoms with van der Waals surface area (Å²) in [6.45, 7) is 12.7. The van der Waals surface area contributed by atoms with E-state index in [-0.39, 0.29) is 5.41 Å². The van der Waals surface area contributed by atoms with Crippen LogP contribution in [0.3, 0.4) is 0 Å². The van der Waals surface area contributed by atoms with Crippen LogP contribution in [0.5, 0.6) is 5.75 Å². The minimum absolute atomic E-state index is 0.178. The van der Waals surface area contributed by atoms with Gasteiger partial charge in [0.2, 0.25) is 0 Å². The number of rotatable bonds is 4. The van der Waals surface area contributed by atoms with Crippen LogP contribution in [0.1, 0.15) is 62.3 Å². The molecule has 3 heteroatoms. The quantitative estimate of drug-likeness (QED) is 0.604. The molecule has 1 saturated carbocycles. The summed E-state index contributed by atoms with van der Waals surface area (Å²) in [5, 5.41) is 3.82. The molecule has 1 atom stereocenters. The molecule has 1 unspecified atom stereocenters. The Morgan fingerprint density at radius 1 is 1.20 bits per heavy atom. The smallest absolute Gasteiger partial charge is 0.129 e. The molecule has 0 radical (unpaired) electrons. The van der Waals surface area contributed by atoms with E-state index in [1.807, 2.05) is 0 Å². The lowest BCUT2D eigenvalue weighted by Gasteiger charge is -2.38. The van der Waals surface area contributed by atoms with E-state index in [2.05, 4.69) is 62.4 Å². The molecule has 25 heavy (non-hydrogen) atoms. The fraction of sp³-hybridized carbons (Fsp3) is 0.636. The molecule has 0 saturated heterocycles. The second-order valence-electron chi connectivity index (χ2n) is 9.47. The molecule has 3 rings (SSSR count). The highest BCUT2D eigenvalue weighted by Crippen LogP contribution is 2.46. The van der Waals surface area contributed by atoms with Gasteiger partial charge in [-0.15, -0.1) is 5.54 Å². The minimum Gasteiger partial charge on any atom is -0.496 e. The van der Waals surface area contributed by atoms with Crippen molar-refractivity contribution < 1.29 is 4.74 Å². The third-order valence-electron chi connectivity index (χ3n) is 5.43. The molecule has 1 fully saturated rings. The van der Waals surface area contributed by atoms with E-state index in [0.717, 1.165) is 23.8 Å². The van der Waals surface area contributed by atoms with Gasteiger partial charge in [-0.3, -0.25) is 0 Å². The predicted molar refractivity (Wildman–Crippen MR) is 109 cm³/mol. The van der Waals surface area contributed by atoms with Crippen LogP contribution in [0.2, 0.25) is 19.6 Å². The Hall–Kier alpha value is -1.24. The van der Waals surface area contributed by atoms with Gasteiger partial charge < -0.3 is 10.1 Å². The largest absolute Gasteiger partial charge is 0.496 e. The maximum atomic E-state index is 5.83. The lowest BCUT2D eigenvalue weighted by Crippen LogP contribution is -2.34. The summed E-state index contributed by atoms with van der Waals surface area (Å²) in [6.07, 6.45) is 5.17. The van der Waals surface area contributed by atoms with Crippen LogP contribution in [-0.4, -0.2) is 21.7 Å². The Bertz CT molecular complexity index is 701. The fourth-order valence-electron chi connectivity index (χ4n) is 3.67. The van der Waals surface area contributed by atoms with E-state index >= 15 is 0 Å². The molecule has 136 valence electrons. The molecule has 2 aliphatic carbocycles. The minimum atomic E-state index is -1.38. The van der Waals surface area contributed by atoms with E-state index < -0.39 is 8.07 Å². The molecule has 0 heterocycles. The van der Waals surface area contributed by atoms with Crippen molar-refractivity contribution in [3.05, 3.63) is 28.8 Å². The molecular weight excluding hydrogens is 322 g/mol. The van der Waals surface area contributed by atoms with Crippen molar-refractivity contribution in [2.75, 3.05) is 13.7 Å². The Kier molecular flexibility index (Phi) is 5.06. The first-order valence-corrected chi connectivity index (χ1v) is 13.2. The lowest BCUT2D eigenvalue weighted by atomic mass is 9.70. The van der Waals surface area contributed by atoms with Gasteiger partial charge in [0.15, 0.2) is 0 Å². The van der Waals surface area contributed by atoms with Gasteiger partial charge in [-0.25, -0.2) is 0 Å². The predicted octanol–water partition coefficient (Wildman–Crippen LogP) is 5.04. The standard InChI is InChI=1S/C22H33NOSi/c1-22(2)11-9-19(23-15-16-7-8-16)21-18(22)13-17(14-20(21)24-3)10-12-25(4,5)6/h13-14,16,19,23H,7-9,11,15H2,1-6H3. The number of hydrogen-bond acceptors (Lipinski definition) is 2. The van der Waals surface area contributed by atoms with Gasteiger partial charge in [-0.2, -0.15) is 0 Å². The van der Waals surface area contributed by atoms with Crippen molar-refractivity contribution in [2.45, 2.75) is 70.6 Å². The number of methoxy groups -OCH3 is 1. The first-order valence-electron chi connectivity index (χ1n) is 9.68. The molecule has 1 N–H and O–H groups in total. The summed E-state index contributed by atoms with van der Waals surface area (Å²) in [5.41, 5.74) is 7.58. The topological polar surface area (TPSA) is 21.3 Å². The normalized spacial score (nSPS) is 21.9. The average Bonchev–Trinajstić information content (AvgIpc) is 3.35. The summed E-state index contributed by atoms with van der Waals surface area (Å²) >= 11 is 0. The van der Waals surface area contributed by atoms with Crippen molar-refractivity contribution >= 4 is 8.07 Å². The number of nitrogens with one attached hydrogen (secondary N) is 1. The molecule has 0 bridgehead atoms. The maximum Gasteiger partial charge on any atom is 0.129 e. The third kappa shape index (κ3) is 4.48. The molecule has 1 aromatic carbocycles. The molecule has 1 aromatic rings. The molecule has 2 aliphatic rings. The highest BCUT2D eigenvalue weighted by atomic mass is 28.3. The van der Waals surface area contributed by atoms with Gasteiger partial charge in [0.25, 0.3) is 0 Å². The highest BCUT2D eigenvalue weighted by Gasteiger charge is 2.36. The monoisotopic (exact) mass is 355 g/mol. The van der Waals surface area contributed by atoms with E-state index in [9.17, 15) is 0 Å². The summed E-state index contributed by atoms with van der Waals surface area (Å²) in [7, 11) is 0.412. The zero-order chi connectivity index (χ0) is 18.2. The van der Waals surface area contributed by atoms with Gasteiger partial charge in [0.05, 0.1) is 7.11 Å². The van der Waals surface area contributed by atoms with Crippen molar-refractivity contribution in [3.63, 3.8) is 0 Å². The SMILES string of the molecule is COc1cc(C#C[Si](C)(C)C)cc2c1C(NCC1CC1)CCC2(C)C. The first kappa shape index (κ1) is 18.5. The number of ether oxygens (including phenoxy) is 1. The van der Waals surface area contributed by atoms with Gasteiger partial charge in [0.1, 0.15) is 13.8 Å². The van der Waals surface area contributed by atoms with E-state index in [1.165, 1.54) is 36.8 Å². The Morgan fingerprint density at radius 2 is 1.92 bits per heavy atom. The zero-order valence-electron chi connectivity index (χ0n) is 16.8. The molecular formula is C22H33NOSi. The van der Waals surface area contributed by atoms with Crippen LogP contribution in [0.15, 0.2) is 12.1 Å². The van der Waals surface area contributed by atoms with Gasteiger partial charge in [-0.1, -0.05) is 39.4 Å². The van der Waals surface area contributed by atoms with Crippen LogP contribution < -0.4 is 10.1 Å². The average molecular weight is 356 g/mol. The molecule has 0 spiro atoms. The molecule has 0 aliphatic heterocycles. The van der Waals surface area contributed by atoms with Crippen molar-refractivity contribution in [2.24, 2.45) is 5.92 Å². The van der Waals surface area contributed by atoms with Crippen molar-refractivity contribution in [3.8, 4) is 17.2 Å². The first-order chi connectivity index (χ1) is 11.7. The van der Waals surface area contributed by atoms with Crippen LogP contribution in [0, 0.1) is 17.4 Å². The van der Waals surface area contributed by atoms with Crippen LogP contribution >= 0.6 is 0 Å². The van der Waals surface area contributed by atoms with E-state index in [1.54, 1.807) is 7.11 Å². The Morgan fingerprint density at radius 3 is 2.52 bits per heavy atom. The summed E-state index contributed by atoms with van der Waals surface area (Å²) in [5.74, 6) is 5.34. The van der Waals surface area contributed by atoms with Gasteiger partial charge in [0, 0.05) is 17.2 Å². The van der Waals surface area contributed by atoms with E-state index in [0.29, 0.717) is 6.04 Å². The van der Waals surface area contributed by atoms with Crippen LogP contribution in [0.25, 0.3) is 0 Å². The number of fused-ring (bicyclic) bond motifs is 1. The summed E-state index contributed by atoms with van der Waals surface area (Å²) in [6, 6.07) is 4.90. The second kappa shape index (κ2) is 6.82. The number of hydrogen-bond donors (Lipinski definition) is 1. The lowest BCUT2D eigenvalue weighted by molar-refractivity contribution is 0.334. The molecule has 0 amide bonds. The third-order valence-corrected chi connectivity index (χ3v) is 6.30. The van der Waals surface area contributed by atoms with E-state index in [4.69, 9.17) is 4.74 Å². The van der Waals surface area contributed by atoms with Crippen LogP contribution in [-0.2, 0) is 5.41 Å². The molecule has 2 nitrogen and oxygen atoms in total. The summed E-state index contributed by atoms with van der Waals surface area (Å²) < 4.78 is 5.83. The van der Waals surface area contributed by atoms with Crippen molar-refractivity contribution in [1.29, 1.82) is 0 Å². The maximum absolute atomic E-state index is 5.83. The van der Waals surface area contributed by atoms with Gasteiger partial charge >= 0.3 is 0 Å². The number of benzene rings is 1. The van der Waals surface area contributed by atoms with Crippen LogP contribution in [0.4, 0.5) is 0 Å². The zero-order valence-corrected chi connectivity index (χ0v) is 17.8. The second-order valence-corrected chi connectivity index (χ2v) is 14.2. The fourth-order valence-corrected chi connectivity index (χ4v) is 4.19. The Balaban J connectivity index is 2.00. The molecule has 0 aromatic heterocycles. The van der Waals surface area contributed by atoms with Gasteiger partial charge in [-0.05, 0) is 61.3 Å². The van der Waals surface area contributed by atoms with Crippen molar-refractivity contribution in [1.82, 2.24) is 5.32 Å².